The van der Waals surface area contributed by atoms with E-state index in [1.807, 2.05) is 35.7 Å². The van der Waals surface area contributed by atoms with Crippen molar-refractivity contribution >= 4 is 38.9 Å². The highest BCUT2D eigenvalue weighted by atomic mass is 79.9. The van der Waals surface area contributed by atoms with Gasteiger partial charge in [-0.2, -0.15) is 5.26 Å². The molecule has 0 bridgehead atoms. The lowest BCUT2D eigenvalue weighted by Gasteiger charge is -1.95. The quantitative estimate of drug-likeness (QED) is 0.785. The van der Waals surface area contributed by atoms with E-state index in [4.69, 9.17) is 5.26 Å². The lowest BCUT2D eigenvalue weighted by Crippen LogP contribution is -1.84. The molecular weight excluding hydrogens is 284 g/mol. The zero-order valence-corrected chi connectivity index (χ0v) is 10.6. The average molecular weight is 291 g/mol. The van der Waals surface area contributed by atoms with E-state index in [1.54, 1.807) is 17.5 Å². The molecule has 78 valence electrons. The van der Waals surface area contributed by atoms with Crippen LogP contribution in [0.3, 0.4) is 0 Å². The SMILES string of the molecule is N#C/C(=C\c1cc(Br)cs1)c1ccccn1. The van der Waals surface area contributed by atoms with Crippen molar-refractivity contribution in [2.45, 2.75) is 0 Å². The van der Waals surface area contributed by atoms with Crippen molar-refractivity contribution in [2.75, 3.05) is 0 Å². The molecule has 0 amide bonds. The largest absolute Gasteiger partial charge is 0.256 e. The lowest BCUT2D eigenvalue weighted by atomic mass is 10.1. The molecule has 0 unspecified atom stereocenters. The van der Waals surface area contributed by atoms with Crippen LogP contribution in [0.1, 0.15) is 10.6 Å². The van der Waals surface area contributed by atoms with E-state index in [0.717, 1.165) is 9.35 Å². The summed E-state index contributed by atoms with van der Waals surface area (Å²) in [6.07, 6.45) is 3.53. The van der Waals surface area contributed by atoms with Crippen LogP contribution in [0.4, 0.5) is 0 Å². The smallest absolute Gasteiger partial charge is 0.101 e. The third kappa shape index (κ3) is 2.57. The van der Waals surface area contributed by atoms with Crippen LogP contribution in [0.5, 0.6) is 0 Å². The number of aromatic nitrogens is 1. The van der Waals surface area contributed by atoms with Crippen molar-refractivity contribution in [2.24, 2.45) is 0 Å². The molecule has 2 nitrogen and oxygen atoms in total. The molecule has 4 heteroatoms. The summed E-state index contributed by atoms with van der Waals surface area (Å²) in [5.41, 5.74) is 1.28. The van der Waals surface area contributed by atoms with Crippen molar-refractivity contribution in [3.63, 3.8) is 0 Å². The van der Waals surface area contributed by atoms with Gasteiger partial charge in [0.2, 0.25) is 0 Å². The second-order valence-electron chi connectivity index (χ2n) is 3.05. The van der Waals surface area contributed by atoms with Gasteiger partial charge < -0.3 is 0 Å². The minimum Gasteiger partial charge on any atom is -0.256 e. The maximum Gasteiger partial charge on any atom is 0.101 e. The number of rotatable bonds is 2. The maximum atomic E-state index is 9.08. The molecule has 2 aromatic heterocycles. The predicted octanol–water partition coefficient (Wildman–Crippen LogP) is 3.97. The van der Waals surface area contributed by atoms with Gasteiger partial charge >= 0.3 is 0 Å². The van der Waals surface area contributed by atoms with Crippen molar-refractivity contribution in [1.29, 1.82) is 5.26 Å². The normalized spacial score (nSPS) is 11.1. The first-order chi connectivity index (χ1) is 7.79. The second-order valence-corrected chi connectivity index (χ2v) is 4.91. The number of thiophene rings is 1. The molecule has 0 aliphatic rings. The zero-order valence-electron chi connectivity index (χ0n) is 8.22. The summed E-state index contributed by atoms with van der Waals surface area (Å²) in [5, 5.41) is 11.1. The fourth-order valence-electron chi connectivity index (χ4n) is 1.23. The number of hydrogen-bond acceptors (Lipinski definition) is 3. The summed E-state index contributed by atoms with van der Waals surface area (Å²) in [4.78, 5) is 5.19. The van der Waals surface area contributed by atoms with Crippen LogP contribution in [-0.2, 0) is 0 Å². The number of nitrogens with zero attached hydrogens (tertiary/aromatic N) is 2. The topological polar surface area (TPSA) is 36.7 Å². The maximum absolute atomic E-state index is 9.08. The van der Waals surface area contributed by atoms with E-state index >= 15 is 0 Å². The van der Waals surface area contributed by atoms with Crippen LogP contribution in [0.2, 0.25) is 0 Å². The first-order valence-corrected chi connectivity index (χ1v) is 6.24. The summed E-state index contributed by atoms with van der Waals surface area (Å²) in [6.45, 7) is 0. The van der Waals surface area contributed by atoms with E-state index in [1.165, 1.54) is 0 Å². The molecule has 2 rings (SSSR count). The monoisotopic (exact) mass is 290 g/mol. The molecule has 2 aromatic rings. The van der Waals surface area contributed by atoms with E-state index in [-0.39, 0.29) is 0 Å². The molecule has 0 spiro atoms. The van der Waals surface area contributed by atoms with Crippen molar-refractivity contribution < 1.29 is 0 Å². The number of halogens is 1. The van der Waals surface area contributed by atoms with Crippen molar-refractivity contribution in [3.05, 3.63) is 50.9 Å². The lowest BCUT2D eigenvalue weighted by molar-refractivity contribution is 1.28. The van der Waals surface area contributed by atoms with Crippen LogP contribution in [0.25, 0.3) is 11.6 Å². The number of pyridine rings is 1. The van der Waals surface area contributed by atoms with Crippen LogP contribution in [0.15, 0.2) is 40.3 Å². The zero-order chi connectivity index (χ0) is 11.4. The van der Waals surface area contributed by atoms with Gasteiger partial charge in [0.1, 0.15) is 6.07 Å². The van der Waals surface area contributed by atoms with Gasteiger partial charge in [-0.1, -0.05) is 6.07 Å². The van der Waals surface area contributed by atoms with Crippen LogP contribution in [-0.4, -0.2) is 4.98 Å². The van der Waals surface area contributed by atoms with Crippen LogP contribution < -0.4 is 0 Å². The number of hydrogen-bond donors (Lipinski definition) is 0. The van der Waals surface area contributed by atoms with Crippen LogP contribution in [0, 0.1) is 11.3 Å². The molecule has 16 heavy (non-hydrogen) atoms. The fraction of sp³-hybridized carbons (Fsp3) is 0. The van der Waals surface area contributed by atoms with Gasteiger partial charge in [-0.05, 0) is 40.2 Å². The van der Waals surface area contributed by atoms with Crippen molar-refractivity contribution in [3.8, 4) is 6.07 Å². The summed E-state index contributed by atoms with van der Waals surface area (Å²) in [7, 11) is 0. The highest BCUT2D eigenvalue weighted by Gasteiger charge is 2.02. The minimum absolute atomic E-state index is 0.579. The molecule has 0 aliphatic heterocycles. The Hall–Kier alpha value is -1.44. The average Bonchev–Trinajstić information content (AvgIpc) is 2.73. The van der Waals surface area contributed by atoms with E-state index in [0.29, 0.717) is 11.3 Å². The Balaban J connectivity index is 2.38. The Morgan fingerprint density at radius 1 is 1.50 bits per heavy atom. The first kappa shape index (κ1) is 11.1. The van der Waals surface area contributed by atoms with E-state index < -0.39 is 0 Å². The highest BCUT2D eigenvalue weighted by Crippen LogP contribution is 2.24. The Morgan fingerprint density at radius 2 is 2.38 bits per heavy atom. The molecule has 0 aliphatic carbocycles. The standard InChI is InChI=1S/C12H7BrN2S/c13-10-6-11(16-8-10)5-9(7-14)12-3-1-2-4-15-12/h1-6,8H/b9-5+. The van der Waals surface area contributed by atoms with Gasteiger partial charge in [0.15, 0.2) is 0 Å². The Bertz CT molecular complexity index is 552. The summed E-state index contributed by atoms with van der Waals surface area (Å²) in [5.74, 6) is 0. The Labute approximate surface area is 106 Å². The Kier molecular flexibility index (Phi) is 3.50. The number of allylic oxidation sites excluding steroid dienone is 1. The third-order valence-corrected chi connectivity index (χ3v) is 3.58. The minimum atomic E-state index is 0.579. The van der Waals surface area contributed by atoms with Gasteiger partial charge in [0, 0.05) is 20.9 Å². The van der Waals surface area contributed by atoms with E-state index in [2.05, 4.69) is 27.0 Å². The highest BCUT2D eigenvalue weighted by molar-refractivity contribution is 9.10. The Morgan fingerprint density at radius 3 is 2.94 bits per heavy atom. The molecule has 0 N–H and O–H groups in total. The third-order valence-electron chi connectivity index (χ3n) is 1.94. The van der Waals surface area contributed by atoms with Gasteiger partial charge in [0.05, 0.1) is 11.3 Å². The van der Waals surface area contributed by atoms with Crippen molar-refractivity contribution in [1.82, 2.24) is 4.98 Å². The molecule has 0 radical (unpaired) electrons. The molecular formula is C12H7BrN2S. The van der Waals surface area contributed by atoms with Gasteiger partial charge in [-0.25, -0.2) is 0 Å². The summed E-state index contributed by atoms with van der Waals surface area (Å²) in [6, 6.07) is 9.68. The summed E-state index contributed by atoms with van der Waals surface area (Å²) < 4.78 is 1.03. The van der Waals surface area contributed by atoms with Gasteiger partial charge in [-0.15, -0.1) is 11.3 Å². The molecule has 0 atom stereocenters. The summed E-state index contributed by atoms with van der Waals surface area (Å²) >= 11 is 4.97. The van der Waals surface area contributed by atoms with Crippen LogP contribution >= 0.6 is 27.3 Å². The second kappa shape index (κ2) is 5.06. The molecule has 2 heterocycles. The molecule has 0 aromatic carbocycles. The molecule has 0 saturated heterocycles. The van der Waals surface area contributed by atoms with Gasteiger partial charge in [0.25, 0.3) is 0 Å². The number of nitriles is 1. The van der Waals surface area contributed by atoms with E-state index in [9.17, 15) is 0 Å². The fourth-order valence-corrected chi connectivity index (χ4v) is 2.61. The first-order valence-electron chi connectivity index (χ1n) is 4.57. The molecule has 0 fully saturated rings. The van der Waals surface area contributed by atoms with Gasteiger partial charge in [-0.3, -0.25) is 4.98 Å². The predicted molar refractivity (Wildman–Crippen MR) is 69.7 cm³/mol. The molecule has 0 saturated carbocycles.